The van der Waals surface area contributed by atoms with Gasteiger partial charge < -0.3 is 14.9 Å². The zero-order valence-electron chi connectivity index (χ0n) is 17.9. The van der Waals surface area contributed by atoms with Crippen LogP contribution >= 0.6 is 11.6 Å². The van der Waals surface area contributed by atoms with Crippen molar-refractivity contribution in [2.75, 3.05) is 0 Å². The number of carbonyl (C=O) groups excluding carboxylic acids is 1. The second-order valence-electron chi connectivity index (χ2n) is 6.66. The van der Waals surface area contributed by atoms with E-state index >= 15 is 0 Å². The summed E-state index contributed by atoms with van der Waals surface area (Å²) in [4.78, 5) is 38.0. The van der Waals surface area contributed by atoms with Gasteiger partial charge in [-0.25, -0.2) is 9.59 Å². The van der Waals surface area contributed by atoms with Gasteiger partial charge in [0, 0.05) is 23.1 Å². The van der Waals surface area contributed by atoms with Crippen LogP contribution in [0.25, 0.3) is 0 Å². The number of ether oxygens (including phenoxy) is 1. The molecule has 2 rings (SSSR count). The van der Waals surface area contributed by atoms with E-state index in [-0.39, 0.29) is 11.5 Å². The molecule has 2 N–H and O–H groups in total. The van der Waals surface area contributed by atoms with Gasteiger partial charge in [0.1, 0.15) is 5.75 Å². The molecule has 0 amide bonds. The molecule has 2 aromatic rings. The number of carbonyl (C=O) groups is 3. The predicted molar refractivity (Wildman–Crippen MR) is 119 cm³/mol. The monoisotopic (exact) mass is 447 g/mol. The Kier molecular flexibility index (Phi) is 10.4. The van der Waals surface area contributed by atoms with Crippen LogP contribution in [0, 0.1) is 6.92 Å². The zero-order valence-corrected chi connectivity index (χ0v) is 18.6. The number of hydrogen-bond donors (Lipinski definition) is 2. The number of carboxylic acid groups (broad SMARTS) is 2. The fourth-order valence-electron chi connectivity index (χ4n) is 2.33. The number of esters is 1. The van der Waals surface area contributed by atoms with E-state index in [4.69, 9.17) is 16.3 Å². The Balaban J connectivity index is 0.00000110. The van der Waals surface area contributed by atoms with E-state index in [0.717, 1.165) is 5.56 Å². The molecule has 0 radical (unpaired) electrons. The van der Waals surface area contributed by atoms with Gasteiger partial charge in [0.05, 0.1) is 5.71 Å². The van der Waals surface area contributed by atoms with Crippen molar-refractivity contribution in [1.82, 2.24) is 0 Å². The van der Waals surface area contributed by atoms with Crippen molar-refractivity contribution >= 4 is 35.2 Å². The molecule has 0 unspecified atom stereocenters. The van der Waals surface area contributed by atoms with E-state index in [0.29, 0.717) is 16.1 Å². The number of unbranched alkanes of at least 4 members (excludes halogenated alkanes) is 1. The van der Waals surface area contributed by atoms with Gasteiger partial charge in [-0.05, 0) is 31.2 Å². The molecule has 0 spiro atoms. The van der Waals surface area contributed by atoms with Crippen LogP contribution in [0.5, 0.6) is 5.75 Å². The number of aryl methyl sites for hydroxylation is 1. The molecular formula is C23H26ClNO6. The molecule has 0 aliphatic carbocycles. The fraction of sp³-hybridized carbons (Fsp3) is 0.304. The SMILES string of the molecule is CC(=O)Oc1ccc(C)cc1C(=NC(C(=O)O)C(=O)O)c1ccc(Cl)cc1.CCCC. The lowest BCUT2D eigenvalue weighted by molar-refractivity contribution is -0.149. The summed E-state index contributed by atoms with van der Waals surface area (Å²) in [7, 11) is 0. The maximum absolute atomic E-state index is 11.4. The van der Waals surface area contributed by atoms with E-state index in [1.807, 2.05) is 0 Å². The van der Waals surface area contributed by atoms with Crippen LogP contribution in [-0.4, -0.2) is 39.9 Å². The summed E-state index contributed by atoms with van der Waals surface area (Å²) in [5.74, 6) is -3.67. The Morgan fingerprint density at radius 2 is 1.55 bits per heavy atom. The molecular weight excluding hydrogens is 422 g/mol. The molecule has 0 atom stereocenters. The molecule has 166 valence electrons. The highest BCUT2D eigenvalue weighted by Gasteiger charge is 2.27. The Morgan fingerprint density at radius 1 is 1.00 bits per heavy atom. The van der Waals surface area contributed by atoms with Gasteiger partial charge >= 0.3 is 17.9 Å². The van der Waals surface area contributed by atoms with Crippen molar-refractivity contribution in [2.45, 2.75) is 46.6 Å². The summed E-state index contributed by atoms with van der Waals surface area (Å²) in [6.45, 7) is 7.37. The second-order valence-corrected chi connectivity index (χ2v) is 7.09. The Morgan fingerprint density at radius 3 is 2.00 bits per heavy atom. The highest BCUT2D eigenvalue weighted by atomic mass is 35.5. The van der Waals surface area contributed by atoms with E-state index < -0.39 is 23.9 Å². The third-order valence-corrected chi connectivity index (χ3v) is 4.24. The first-order chi connectivity index (χ1) is 14.6. The first-order valence-corrected chi connectivity index (χ1v) is 10.1. The molecule has 0 saturated heterocycles. The number of carboxylic acids is 2. The first-order valence-electron chi connectivity index (χ1n) is 9.69. The summed E-state index contributed by atoms with van der Waals surface area (Å²) in [6.07, 6.45) is 2.64. The molecule has 0 aromatic heterocycles. The third-order valence-electron chi connectivity index (χ3n) is 3.99. The Hall–Kier alpha value is -3.19. The zero-order chi connectivity index (χ0) is 23.6. The Bertz CT molecular complexity index is 937. The molecule has 0 aliphatic heterocycles. The molecule has 0 aliphatic rings. The molecule has 31 heavy (non-hydrogen) atoms. The molecule has 7 nitrogen and oxygen atoms in total. The van der Waals surface area contributed by atoms with E-state index in [1.54, 1.807) is 43.3 Å². The topological polar surface area (TPSA) is 113 Å². The summed E-state index contributed by atoms with van der Waals surface area (Å²) >= 11 is 5.90. The summed E-state index contributed by atoms with van der Waals surface area (Å²) < 4.78 is 5.19. The number of aliphatic imine (C=N–C) groups is 1. The van der Waals surface area contributed by atoms with Crippen LogP contribution < -0.4 is 4.74 Å². The normalized spacial score (nSPS) is 10.8. The van der Waals surface area contributed by atoms with Crippen molar-refractivity contribution in [3.05, 3.63) is 64.2 Å². The van der Waals surface area contributed by atoms with Crippen LogP contribution in [0.15, 0.2) is 47.5 Å². The first kappa shape index (κ1) is 25.8. The third kappa shape index (κ3) is 8.22. The quantitative estimate of drug-likeness (QED) is 0.274. The predicted octanol–water partition coefficient (Wildman–Crippen LogP) is 4.76. The number of rotatable bonds is 7. The minimum atomic E-state index is -2.03. The summed E-state index contributed by atoms with van der Waals surface area (Å²) in [5.41, 5.74) is 1.55. The number of benzene rings is 2. The van der Waals surface area contributed by atoms with Crippen LogP contribution in [0.3, 0.4) is 0 Å². The van der Waals surface area contributed by atoms with Crippen molar-refractivity contribution in [3.63, 3.8) is 0 Å². The van der Waals surface area contributed by atoms with Gasteiger partial charge in [-0.1, -0.05) is 62.1 Å². The van der Waals surface area contributed by atoms with Gasteiger partial charge in [-0.15, -0.1) is 0 Å². The lowest BCUT2D eigenvalue weighted by Crippen LogP contribution is -2.29. The number of aliphatic carboxylic acids is 2. The highest BCUT2D eigenvalue weighted by molar-refractivity contribution is 6.30. The van der Waals surface area contributed by atoms with Crippen LogP contribution in [0.4, 0.5) is 0 Å². The van der Waals surface area contributed by atoms with Crippen molar-refractivity contribution < 1.29 is 29.3 Å². The van der Waals surface area contributed by atoms with Gasteiger partial charge in [0.25, 0.3) is 0 Å². The van der Waals surface area contributed by atoms with Crippen molar-refractivity contribution in [1.29, 1.82) is 0 Å². The average molecular weight is 448 g/mol. The molecule has 0 saturated carbocycles. The molecule has 2 aromatic carbocycles. The highest BCUT2D eigenvalue weighted by Crippen LogP contribution is 2.25. The van der Waals surface area contributed by atoms with Crippen LogP contribution in [-0.2, 0) is 14.4 Å². The number of halogens is 1. The Labute approximate surface area is 186 Å². The van der Waals surface area contributed by atoms with E-state index in [2.05, 4.69) is 18.8 Å². The maximum Gasteiger partial charge on any atom is 0.340 e. The largest absolute Gasteiger partial charge is 0.479 e. The van der Waals surface area contributed by atoms with Gasteiger partial charge in [0.15, 0.2) is 0 Å². The summed E-state index contributed by atoms with van der Waals surface area (Å²) in [5, 5.41) is 18.9. The standard InChI is InChI=1S/C19H16ClNO6.C4H10/c1-10-3-8-15(27-11(2)22)14(9-10)16(12-4-6-13(20)7-5-12)21-17(18(23)24)19(25)26;1-3-4-2/h3-9,17H,1-2H3,(H,23,24)(H,25,26);3-4H2,1-2H3. The minimum Gasteiger partial charge on any atom is -0.479 e. The maximum atomic E-state index is 11.4. The minimum absolute atomic E-state index is 0.0569. The lowest BCUT2D eigenvalue weighted by Gasteiger charge is -2.14. The average Bonchev–Trinajstić information content (AvgIpc) is 2.70. The number of nitrogens with zero attached hydrogens (tertiary/aromatic N) is 1. The lowest BCUT2D eigenvalue weighted by atomic mass is 9.99. The molecule has 0 bridgehead atoms. The molecule has 8 heteroatoms. The van der Waals surface area contributed by atoms with Crippen LogP contribution in [0.2, 0.25) is 5.02 Å². The summed E-state index contributed by atoms with van der Waals surface area (Å²) in [6, 6.07) is 9.10. The van der Waals surface area contributed by atoms with Gasteiger partial charge in [-0.2, -0.15) is 0 Å². The molecule has 0 heterocycles. The van der Waals surface area contributed by atoms with E-state index in [1.165, 1.54) is 25.8 Å². The fourth-order valence-corrected chi connectivity index (χ4v) is 2.45. The van der Waals surface area contributed by atoms with Gasteiger partial charge in [0.2, 0.25) is 6.04 Å². The second kappa shape index (κ2) is 12.5. The van der Waals surface area contributed by atoms with Crippen molar-refractivity contribution in [3.8, 4) is 5.75 Å². The number of hydrogen-bond acceptors (Lipinski definition) is 5. The van der Waals surface area contributed by atoms with Crippen LogP contribution in [0.1, 0.15) is 50.3 Å². The van der Waals surface area contributed by atoms with E-state index in [9.17, 15) is 24.6 Å². The van der Waals surface area contributed by atoms with Gasteiger partial charge in [-0.3, -0.25) is 9.79 Å². The smallest absolute Gasteiger partial charge is 0.340 e. The molecule has 0 fully saturated rings. The van der Waals surface area contributed by atoms with Crippen molar-refractivity contribution in [2.24, 2.45) is 4.99 Å².